The number of aryl methyl sites for hydroxylation is 1. The molecule has 1 amide bonds. The van der Waals surface area contributed by atoms with Crippen molar-refractivity contribution in [3.63, 3.8) is 0 Å². The molecule has 1 fully saturated rings. The number of hydrogen-bond acceptors (Lipinski definition) is 3. The van der Waals surface area contributed by atoms with Crippen LogP contribution in [0.25, 0.3) is 0 Å². The summed E-state index contributed by atoms with van der Waals surface area (Å²) in [5, 5.41) is 6.99. The Kier molecular flexibility index (Phi) is 5.17. The van der Waals surface area contributed by atoms with Crippen LogP contribution < -0.4 is 11.1 Å². The van der Waals surface area contributed by atoms with E-state index in [1.807, 2.05) is 7.05 Å². The molecule has 1 aromatic heterocycles. The summed E-state index contributed by atoms with van der Waals surface area (Å²) < 4.78 is 1.66. The molecule has 1 aliphatic rings. The number of nitrogens with zero attached hydrogens (tertiary/aromatic N) is 2. The normalized spacial score (nSPS) is 24.4. The predicted octanol–water partition coefficient (Wildman–Crippen LogP) is 1.75. The van der Waals surface area contributed by atoms with Gasteiger partial charge in [-0.15, -0.1) is 0 Å². The van der Waals surface area contributed by atoms with E-state index >= 15 is 0 Å². The second-order valence-corrected chi connectivity index (χ2v) is 6.14. The highest BCUT2D eigenvalue weighted by molar-refractivity contribution is 5.82. The molecule has 5 nitrogen and oxygen atoms in total. The zero-order valence-electron chi connectivity index (χ0n) is 12.5. The van der Waals surface area contributed by atoms with Crippen molar-refractivity contribution >= 4 is 5.91 Å². The van der Waals surface area contributed by atoms with Gasteiger partial charge in [0.1, 0.15) is 6.04 Å². The minimum atomic E-state index is -0.617. The summed E-state index contributed by atoms with van der Waals surface area (Å²) in [6.07, 6.45) is 9.78. The first-order valence-electron chi connectivity index (χ1n) is 7.58. The molecule has 0 bridgehead atoms. The maximum absolute atomic E-state index is 12.0. The van der Waals surface area contributed by atoms with E-state index in [-0.39, 0.29) is 5.91 Å². The van der Waals surface area contributed by atoms with Gasteiger partial charge in [0.25, 0.3) is 0 Å². The van der Waals surface area contributed by atoms with Crippen LogP contribution in [0.3, 0.4) is 0 Å². The Bertz CT molecular complexity index is 443. The standard InChI is InChI=1S/C15H26N4O/c1-11-4-3-5-12(8-11)6-7-17-15(20)14(16)13-9-18-19(2)10-13/h9-12,14H,3-8,16H2,1-2H3,(H,17,20). The van der Waals surface area contributed by atoms with Crippen molar-refractivity contribution in [1.29, 1.82) is 0 Å². The van der Waals surface area contributed by atoms with E-state index in [2.05, 4.69) is 17.3 Å². The van der Waals surface area contributed by atoms with Gasteiger partial charge in [-0.1, -0.05) is 26.2 Å². The van der Waals surface area contributed by atoms with Crippen molar-refractivity contribution in [2.75, 3.05) is 6.54 Å². The Hall–Kier alpha value is -1.36. The monoisotopic (exact) mass is 278 g/mol. The van der Waals surface area contributed by atoms with Crippen LogP contribution in [-0.2, 0) is 11.8 Å². The molecule has 5 heteroatoms. The number of nitrogens with two attached hydrogens (primary N) is 1. The number of hydrogen-bond donors (Lipinski definition) is 2. The van der Waals surface area contributed by atoms with Crippen LogP contribution in [0.4, 0.5) is 0 Å². The van der Waals surface area contributed by atoms with E-state index < -0.39 is 6.04 Å². The molecule has 3 N–H and O–H groups in total. The molecule has 1 aromatic rings. The number of amides is 1. The van der Waals surface area contributed by atoms with Crippen LogP contribution in [0.1, 0.15) is 50.6 Å². The first-order valence-corrected chi connectivity index (χ1v) is 7.58. The van der Waals surface area contributed by atoms with Crippen molar-refractivity contribution in [1.82, 2.24) is 15.1 Å². The van der Waals surface area contributed by atoms with Gasteiger partial charge in [-0.25, -0.2) is 0 Å². The van der Waals surface area contributed by atoms with Crippen LogP contribution in [0.5, 0.6) is 0 Å². The smallest absolute Gasteiger partial charge is 0.241 e. The number of nitrogens with one attached hydrogen (secondary N) is 1. The Morgan fingerprint density at radius 3 is 3.05 bits per heavy atom. The third-order valence-corrected chi connectivity index (χ3v) is 4.26. The van der Waals surface area contributed by atoms with E-state index in [4.69, 9.17) is 5.73 Å². The second kappa shape index (κ2) is 6.88. The van der Waals surface area contributed by atoms with E-state index in [9.17, 15) is 4.79 Å². The Labute approximate surface area is 120 Å². The van der Waals surface area contributed by atoms with Gasteiger partial charge in [-0.05, 0) is 24.7 Å². The van der Waals surface area contributed by atoms with Gasteiger partial charge in [-0.3, -0.25) is 9.48 Å². The number of carbonyl (C=O) groups is 1. The highest BCUT2D eigenvalue weighted by Crippen LogP contribution is 2.30. The Balaban J connectivity index is 1.72. The minimum absolute atomic E-state index is 0.109. The van der Waals surface area contributed by atoms with Gasteiger partial charge in [0, 0.05) is 25.4 Å². The topological polar surface area (TPSA) is 72.9 Å². The van der Waals surface area contributed by atoms with Crippen LogP contribution in [0, 0.1) is 11.8 Å². The maximum Gasteiger partial charge on any atom is 0.241 e. The number of rotatable bonds is 5. The quantitative estimate of drug-likeness (QED) is 0.862. The fourth-order valence-electron chi connectivity index (χ4n) is 3.08. The highest BCUT2D eigenvalue weighted by Gasteiger charge is 2.20. The van der Waals surface area contributed by atoms with Crippen molar-refractivity contribution in [2.24, 2.45) is 24.6 Å². The number of aromatic nitrogens is 2. The molecule has 0 radical (unpaired) electrons. The van der Waals surface area contributed by atoms with Gasteiger partial charge >= 0.3 is 0 Å². The first kappa shape index (κ1) is 15.0. The third-order valence-electron chi connectivity index (χ3n) is 4.26. The van der Waals surface area contributed by atoms with Crippen LogP contribution in [-0.4, -0.2) is 22.2 Å². The van der Waals surface area contributed by atoms with Crippen LogP contribution >= 0.6 is 0 Å². The lowest BCUT2D eigenvalue weighted by Crippen LogP contribution is -2.35. The molecule has 20 heavy (non-hydrogen) atoms. The average Bonchev–Trinajstić information content (AvgIpc) is 2.84. The molecule has 3 unspecified atom stereocenters. The molecule has 112 valence electrons. The summed E-state index contributed by atoms with van der Waals surface area (Å²) in [6, 6.07) is -0.617. The molecular weight excluding hydrogens is 252 g/mol. The molecular formula is C15H26N4O. The van der Waals surface area contributed by atoms with Gasteiger partial charge < -0.3 is 11.1 Å². The van der Waals surface area contributed by atoms with Crippen molar-refractivity contribution in [2.45, 2.75) is 45.1 Å². The molecule has 1 heterocycles. The van der Waals surface area contributed by atoms with Crippen LogP contribution in [0.15, 0.2) is 12.4 Å². The maximum atomic E-state index is 12.0. The van der Waals surface area contributed by atoms with Crippen molar-refractivity contribution < 1.29 is 4.79 Å². The summed E-state index contributed by atoms with van der Waals surface area (Å²) >= 11 is 0. The summed E-state index contributed by atoms with van der Waals surface area (Å²) in [5.74, 6) is 1.48. The van der Waals surface area contributed by atoms with Gasteiger partial charge in [0.05, 0.1) is 6.20 Å². The Morgan fingerprint density at radius 1 is 1.60 bits per heavy atom. The molecule has 0 spiro atoms. The fourth-order valence-corrected chi connectivity index (χ4v) is 3.08. The van der Waals surface area contributed by atoms with Gasteiger partial charge in [-0.2, -0.15) is 5.10 Å². The Morgan fingerprint density at radius 2 is 2.40 bits per heavy atom. The van der Waals surface area contributed by atoms with E-state index in [0.717, 1.165) is 30.4 Å². The third kappa shape index (κ3) is 4.07. The largest absolute Gasteiger partial charge is 0.354 e. The molecule has 2 rings (SSSR count). The molecule has 0 aromatic carbocycles. The van der Waals surface area contributed by atoms with Crippen molar-refractivity contribution in [3.8, 4) is 0 Å². The van der Waals surface area contributed by atoms with Crippen molar-refractivity contribution in [3.05, 3.63) is 18.0 Å². The van der Waals surface area contributed by atoms with Gasteiger partial charge in [0.15, 0.2) is 0 Å². The molecule has 1 aliphatic carbocycles. The second-order valence-electron chi connectivity index (χ2n) is 6.14. The fraction of sp³-hybridized carbons (Fsp3) is 0.733. The zero-order chi connectivity index (χ0) is 14.5. The molecule has 3 atom stereocenters. The van der Waals surface area contributed by atoms with Crippen LogP contribution in [0.2, 0.25) is 0 Å². The summed E-state index contributed by atoms with van der Waals surface area (Å²) in [6.45, 7) is 3.05. The minimum Gasteiger partial charge on any atom is -0.354 e. The lowest BCUT2D eigenvalue weighted by Gasteiger charge is -2.26. The summed E-state index contributed by atoms with van der Waals surface area (Å²) in [4.78, 5) is 12.0. The van der Waals surface area contributed by atoms with Gasteiger partial charge in [0.2, 0.25) is 5.91 Å². The number of carbonyl (C=O) groups excluding carboxylic acids is 1. The summed E-state index contributed by atoms with van der Waals surface area (Å²) in [7, 11) is 1.82. The lowest BCUT2D eigenvalue weighted by molar-refractivity contribution is -0.122. The zero-order valence-corrected chi connectivity index (χ0v) is 12.5. The first-order chi connectivity index (χ1) is 9.56. The average molecular weight is 278 g/mol. The molecule has 0 saturated heterocycles. The van der Waals surface area contributed by atoms with E-state index in [1.165, 1.54) is 25.7 Å². The highest BCUT2D eigenvalue weighted by atomic mass is 16.2. The van der Waals surface area contributed by atoms with E-state index in [0.29, 0.717) is 0 Å². The lowest BCUT2D eigenvalue weighted by atomic mass is 9.81. The predicted molar refractivity (Wildman–Crippen MR) is 78.9 cm³/mol. The molecule has 0 aliphatic heterocycles. The SMILES string of the molecule is CC1CCCC(CCNC(=O)C(N)c2cnn(C)c2)C1. The molecule has 1 saturated carbocycles. The summed E-state index contributed by atoms with van der Waals surface area (Å²) in [5.41, 5.74) is 6.69. The van der Waals surface area contributed by atoms with E-state index in [1.54, 1.807) is 17.1 Å².